The highest BCUT2D eigenvalue weighted by atomic mass is 32.1. The van der Waals surface area contributed by atoms with E-state index in [2.05, 4.69) is 20.0 Å². The molecule has 4 aromatic rings. The van der Waals surface area contributed by atoms with Crippen LogP contribution in [0.5, 0.6) is 5.75 Å². The molecule has 0 spiro atoms. The standard InChI is InChI=1S/C19H14F2N4O3S2/c20-18(21)28-14-4-2-1-3-11(14)13-9-30-19(23-13)24-15(26)5-7-25-10-22-16-12(17(25)27)6-8-29-16/h1-4,6,8-10,18H,5,7H2,(H,23,24,26). The highest BCUT2D eigenvalue weighted by Gasteiger charge is 2.14. The second-order valence-electron chi connectivity index (χ2n) is 6.09. The van der Waals surface area contributed by atoms with Crippen LogP contribution in [0.25, 0.3) is 21.5 Å². The Labute approximate surface area is 176 Å². The number of amides is 1. The van der Waals surface area contributed by atoms with Gasteiger partial charge in [-0.2, -0.15) is 8.78 Å². The Hall–Kier alpha value is -3.18. The van der Waals surface area contributed by atoms with Gasteiger partial charge in [-0.05, 0) is 23.6 Å². The molecular formula is C19H14F2N4O3S2. The zero-order chi connectivity index (χ0) is 21.1. The van der Waals surface area contributed by atoms with E-state index in [0.717, 1.165) is 11.3 Å². The first kappa shape index (κ1) is 20.1. The summed E-state index contributed by atoms with van der Waals surface area (Å²) in [5.74, 6) is -0.322. The van der Waals surface area contributed by atoms with Crippen molar-refractivity contribution in [1.82, 2.24) is 14.5 Å². The van der Waals surface area contributed by atoms with E-state index in [-0.39, 0.29) is 30.2 Å². The van der Waals surface area contributed by atoms with Crippen LogP contribution in [0.1, 0.15) is 6.42 Å². The van der Waals surface area contributed by atoms with Gasteiger partial charge in [0.15, 0.2) is 5.13 Å². The van der Waals surface area contributed by atoms with Crippen molar-refractivity contribution < 1.29 is 18.3 Å². The maximum atomic E-state index is 12.6. The lowest BCUT2D eigenvalue weighted by Gasteiger charge is -2.08. The maximum Gasteiger partial charge on any atom is 0.387 e. The minimum absolute atomic E-state index is 0.00590. The number of anilines is 1. The molecule has 3 heterocycles. The van der Waals surface area contributed by atoms with Gasteiger partial charge < -0.3 is 10.1 Å². The smallest absolute Gasteiger partial charge is 0.387 e. The Balaban J connectivity index is 1.42. The highest BCUT2D eigenvalue weighted by molar-refractivity contribution is 7.16. The lowest BCUT2D eigenvalue weighted by Crippen LogP contribution is -2.23. The molecule has 0 saturated heterocycles. The topological polar surface area (TPSA) is 86.1 Å². The van der Waals surface area contributed by atoms with Gasteiger partial charge >= 0.3 is 6.61 Å². The van der Waals surface area contributed by atoms with E-state index in [9.17, 15) is 18.4 Å². The molecular weight excluding hydrogens is 434 g/mol. The van der Waals surface area contributed by atoms with Crippen molar-refractivity contribution in [2.45, 2.75) is 19.6 Å². The number of aryl methyl sites for hydroxylation is 1. The molecule has 0 bridgehead atoms. The normalized spacial score (nSPS) is 11.2. The van der Waals surface area contributed by atoms with E-state index in [1.807, 2.05) is 0 Å². The minimum atomic E-state index is -2.95. The number of thiazole rings is 1. The number of alkyl halides is 2. The number of ether oxygens (including phenoxy) is 1. The van der Waals surface area contributed by atoms with Crippen LogP contribution in [0.3, 0.4) is 0 Å². The van der Waals surface area contributed by atoms with Crippen molar-refractivity contribution in [1.29, 1.82) is 0 Å². The predicted octanol–water partition coefficient (Wildman–Crippen LogP) is 4.21. The summed E-state index contributed by atoms with van der Waals surface area (Å²) in [5, 5.41) is 6.94. The van der Waals surface area contributed by atoms with Gasteiger partial charge in [-0.25, -0.2) is 9.97 Å². The fourth-order valence-electron chi connectivity index (χ4n) is 2.79. The van der Waals surface area contributed by atoms with Crippen LogP contribution in [-0.2, 0) is 11.3 Å². The number of hydrogen-bond acceptors (Lipinski definition) is 7. The summed E-state index contributed by atoms with van der Waals surface area (Å²) in [6, 6.07) is 8.01. The van der Waals surface area contributed by atoms with Gasteiger partial charge in [0.25, 0.3) is 5.56 Å². The third-order valence-corrected chi connectivity index (χ3v) is 5.74. The van der Waals surface area contributed by atoms with Crippen LogP contribution in [0.4, 0.5) is 13.9 Å². The molecule has 0 radical (unpaired) electrons. The van der Waals surface area contributed by atoms with Crippen LogP contribution < -0.4 is 15.6 Å². The summed E-state index contributed by atoms with van der Waals surface area (Å²) in [6.07, 6.45) is 1.48. The molecule has 1 N–H and O–H groups in total. The Kier molecular flexibility index (Phi) is 5.81. The van der Waals surface area contributed by atoms with E-state index in [1.54, 1.807) is 35.0 Å². The molecule has 30 heavy (non-hydrogen) atoms. The van der Waals surface area contributed by atoms with Gasteiger partial charge in [-0.15, -0.1) is 22.7 Å². The molecule has 4 rings (SSSR count). The number of halogens is 2. The van der Waals surface area contributed by atoms with E-state index in [4.69, 9.17) is 0 Å². The number of thiophene rings is 1. The monoisotopic (exact) mass is 448 g/mol. The summed E-state index contributed by atoms with van der Waals surface area (Å²) < 4.78 is 31.1. The van der Waals surface area contributed by atoms with Crippen molar-refractivity contribution in [3.63, 3.8) is 0 Å². The lowest BCUT2D eigenvalue weighted by molar-refractivity contribution is -0.116. The summed E-state index contributed by atoms with van der Waals surface area (Å²) >= 11 is 2.54. The Bertz CT molecular complexity index is 1250. The van der Waals surface area contributed by atoms with Gasteiger partial charge in [-0.3, -0.25) is 14.2 Å². The number of hydrogen-bond donors (Lipinski definition) is 1. The van der Waals surface area contributed by atoms with Crippen LogP contribution in [0, 0.1) is 0 Å². The second-order valence-corrected chi connectivity index (χ2v) is 7.85. The lowest BCUT2D eigenvalue weighted by atomic mass is 10.1. The SMILES string of the molecule is O=C(CCn1cnc2sccc2c1=O)Nc1nc(-c2ccccc2OC(F)F)cs1. The summed E-state index contributed by atoms with van der Waals surface area (Å²) in [7, 11) is 0. The van der Waals surface area contributed by atoms with Crippen molar-refractivity contribution in [3.05, 3.63) is 57.8 Å². The number of carbonyl (C=O) groups excluding carboxylic acids is 1. The number of carbonyl (C=O) groups is 1. The zero-order valence-electron chi connectivity index (χ0n) is 15.2. The molecule has 0 aliphatic carbocycles. The Morgan fingerprint density at radius 3 is 2.90 bits per heavy atom. The molecule has 0 fully saturated rings. The quantitative estimate of drug-likeness (QED) is 0.458. The Morgan fingerprint density at radius 1 is 1.23 bits per heavy atom. The molecule has 0 atom stereocenters. The first-order valence-electron chi connectivity index (χ1n) is 8.73. The van der Waals surface area contributed by atoms with Crippen LogP contribution >= 0.6 is 22.7 Å². The van der Waals surface area contributed by atoms with E-state index < -0.39 is 6.61 Å². The maximum absolute atomic E-state index is 12.6. The molecule has 3 aromatic heterocycles. The number of fused-ring (bicyclic) bond motifs is 1. The third kappa shape index (κ3) is 4.36. The van der Waals surface area contributed by atoms with Crippen molar-refractivity contribution in [2.24, 2.45) is 0 Å². The van der Waals surface area contributed by atoms with Gasteiger partial charge in [0.05, 0.1) is 17.4 Å². The average molecular weight is 448 g/mol. The summed E-state index contributed by atoms with van der Waals surface area (Å²) in [5.41, 5.74) is 0.618. The summed E-state index contributed by atoms with van der Waals surface area (Å²) in [4.78, 5) is 33.8. The van der Waals surface area contributed by atoms with Gasteiger partial charge in [0.1, 0.15) is 10.6 Å². The molecule has 1 aromatic carbocycles. The van der Waals surface area contributed by atoms with E-state index >= 15 is 0 Å². The third-order valence-electron chi connectivity index (χ3n) is 4.16. The van der Waals surface area contributed by atoms with Gasteiger partial charge in [0, 0.05) is 23.9 Å². The number of nitrogens with zero attached hydrogens (tertiary/aromatic N) is 3. The largest absolute Gasteiger partial charge is 0.434 e. The second kappa shape index (κ2) is 8.67. The molecule has 0 aliphatic heterocycles. The van der Waals surface area contributed by atoms with Gasteiger partial charge in [0.2, 0.25) is 5.91 Å². The number of benzene rings is 1. The molecule has 0 unspecified atom stereocenters. The minimum Gasteiger partial charge on any atom is -0.434 e. The number of rotatable bonds is 7. The molecule has 7 nitrogen and oxygen atoms in total. The fourth-order valence-corrected chi connectivity index (χ4v) is 4.24. The highest BCUT2D eigenvalue weighted by Crippen LogP contribution is 2.33. The Morgan fingerprint density at radius 2 is 2.07 bits per heavy atom. The molecule has 0 aliphatic rings. The fraction of sp³-hybridized carbons (Fsp3) is 0.158. The number of aromatic nitrogens is 3. The van der Waals surface area contributed by atoms with Crippen LogP contribution in [-0.4, -0.2) is 27.1 Å². The molecule has 154 valence electrons. The zero-order valence-corrected chi connectivity index (χ0v) is 16.9. The first-order chi connectivity index (χ1) is 14.5. The van der Waals surface area contributed by atoms with Crippen molar-refractivity contribution in [2.75, 3.05) is 5.32 Å². The predicted molar refractivity (Wildman–Crippen MR) is 111 cm³/mol. The van der Waals surface area contributed by atoms with E-state index in [0.29, 0.717) is 26.6 Å². The first-order valence-corrected chi connectivity index (χ1v) is 10.5. The number of nitrogens with one attached hydrogen (secondary N) is 1. The number of para-hydroxylation sites is 1. The van der Waals surface area contributed by atoms with Crippen LogP contribution in [0.2, 0.25) is 0 Å². The van der Waals surface area contributed by atoms with Crippen molar-refractivity contribution >= 4 is 43.9 Å². The van der Waals surface area contributed by atoms with Crippen molar-refractivity contribution in [3.8, 4) is 17.0 Å². The summed E-state index contributed by atoms with van der Waals surface area (Å²) in [6.45, 7) is -2.78. The molecule has 1 amide bonds. The van der Waals surface area contributed by atoms with Crippen LogP contribution in [0.15, 0.2) is 52.2 Å². The molecule has 0 saturated carbocycles. The van der Waals surface area contributed by atoms with Gasteiger partial charge in [-0.1, -0.05) is 12.1 Å². The molecule has 11 heteroatoms. The van der Waals surface area contributed by atoms with E-state index in [1.165, 1.54) is 28.3 Å². The average Bonchev–Trinajstić information content (AvgIpc) is 3.37.